The second-order valence-corrected chi connectivity index (χ2v) is 3.73. The third kappa shape index (κ3) is 3.14. The second kappa shape index (κ2) is 6.75. The summed E-state index contributed by atoms with van der Waals surface area (Å²) in [6, 6.07) is 4.12. The number of nitrogens with zero attached hydrogens (tertiary/aromatic N) is 1. The molecule has 0 aliphatic rings. The zero-order chi connectivity index (χ0) is 10.6. The SMILES string of the molecule is C.CC.Cc1cc(SCl)c2[nH]ncc2c1. The van der Waals surface area contributed by atoms with Crippen molar-refractivity contribution in [3.8, 4) is 0 Å². The zero-order valence-electron chi connectivity index (χ0n) is 8.47. The molecular formula is C11H17ClN2S. The molecule has 4 heteroatoms. The van der Waals surface area contributed by atoms with Gasteiger partial charge in [-0.2, -0.15) is 5.10 Å². The van der Waals surface area contributed by atoms with E-state index in [1.807, 2.05) is 26.8 Å². The summed E-state index contributed by atoms with van der Waals surface area (Å²) >= 11 is 0. The molecule has 0 fully saturated rings. The van der Waals surface area contributed by atoms with Gasteiger partial charge in [-0.25, -0.2) is 0 Å². The lowest BCUT2D eigenvalue weighted by molar-refractivity contribution is 1.11. The minimum absolute atomic E-state index is 0. The summed E-state index contributed by atoms with van der Waals surface area (Å²) in [5.41, 5.74) is 2.22. The lowest BCUT2D eigenvalue weighted by atomic mass is 10.2. The van der Waals surface area contributed by atoms with E-state index in [9.17, 15) is 0 Å². The number of rotatable bonds is 1. The molecule has 0 radical (unpaired) electrons. The van der Waals surface area contributed by atoms with Crippen LogP contribution < -0.4 is 0 Å². The lowest BCUT2D eigenvalue weighted by Crippen LogP contribution is -1.76. The van der Waals surface area contributed by atoms with Crippen LogP contribution in [0.2, 0.25) is 0 Å². The van der Waals surface area contributed by atoms with Gasteiger partial charge in [0, 0.05) is 10.3 Å². The largest absolute Gasteiger partial charge is 0.277 e. The van der Waals surface area contributed by atoms with Crippen LogP contribution in [0.1, 0.15) is 26.8 Å². The van der Waals surface area contributed by atoms with Gasteiger partial charge >= 0.3 is 0 Å². The number of hydrogen-bond donors (Lipinski definition) is 1. The summed E-state index contributed by atoms with van der Waals surface area (Å²) in [6.07, 6.45) is 1.80. The average Bonchev–Trinajstić information content (AvgIpc) is 2.67. The third-order valence-electron chi connectivity index (χ3n) is 1.74. The number of halogens is 1. The molecule has 15 heavy (non-hydrogen) atoms. The highest BCUT2D eigenvalue weighted by molar-refractivity contribution is 8.21. The molecule has 2 rings (SSSR count). The van der Waals surface area contributed by atoms with Crippen molar-refractivity contribution in [1.29, 1.82) is 0 Å². The van der Waals surface area contributed by atoms with Gasteiger partial charge in [0.15, 0.2) is 0 Å². The molecule has 2 aromatic rings. The monoisotopic (exact) mass is 244 g/mol. The Morgan fingerprint density at radius 3 is 2.60 bits per heavy atom. The fraction of sp³-hybridized carbons (Fsp3) is 0.364. The molecule has 0 bridgehead atoms. The Bertz CT molecular complexity index is 412. The molecule has 0 unspecified atom stereocenters. The topological polar surface area (TPSA) is 28.7 Å². The zero-order valence-corrected chi connectivity index (χ0v) is 10.0. The van der Waals surface area contributed by atoms with Gasteiger partial charge < -0.3 is 0 Å². The average molecular weight is 245 g/mol. The first-order valence-corrected chi connectivity index (χ1v) is 6.18. The first kappa shape index (κ1) is 14.3. The highest BCUT2D eigenvalue weighted by Crippen LogP contribution is 2.29. The fourth-order valence-electron chi connectivity index (χ4n) is 1.23. The van der Waals surface area contributed by atoms with Crippen LogP contribution in [0.3, 0.4) is 0 Å². The standard InChI is InChI=1S/C8H7ClN2S.C2H6.CH4/c1-5-2-6-4-10-11-8(6)7(3-5)12-9;1-2;/h2-4H,1H3,(H,10,11);1-2H3;1H4. The molecule has 0 amide bonds. The Balaban J connectivity index is 0.000000617. The van der Waals surface area contributed by atoms with Crippen LogP contribution in [0.15, 0.2) is 23.2 Å². The molecule has 2 nitrogen and oxygen atoms in total. The van der Waals surface area contributed by atoms with Crippen molar-refractivity contribution in [1.82, 2.24) is 10.2 Å². The van der Waals surface area contributed by atoms with Crippen LogP contribution in [0.5, 0.6) is 0 Å². The van der Waals surface area contributed by atoms with E-state index in [4.69, 9.17) is 10.7 Å². The second-order valence-electron chi connectivity index (χ2n) is 2.67. The van der Waals surface area contributed by atoms with Gasteiger partial charge in [-0.15, -0.1) is 0 Å². The Kier molecular flexibility index (Phi) is 6.45. The number of fused-ring (bicyclic) bond motifs is 1. The number of H-pyrrole nitrogens is 1. The molecule has 0 saturated carbocycles. The predicted molar refractivity (Wildman–Crippen MR) is 70.6 cm³/mol. The fourth-order valence-corrected chi connectivity index (χ4v) is 2.07. The summed E-state index contributed by atoms with van der Waals surface area (Å²) in [5, 5.41) is 7.97. The van der Waals surface area contributed by atoms with E-state index in [2.05, 4.69) is 16.3 Å². The normalized spacial score (nSPS) is 9.07. The van der Waals surface area contributed by atoms with Crippen LogP contribution in [0.4, 0.5) is 0 Å². The summed E-state index contributed by atoms with van der Waals surface area (Å²) in [6.45, 7) is 6.04. The van der Waals surface area contributed by atoms with E-state index in [1.165, 1.54) is 16.5 Å². The van der Waals surface area contributed by atoms with Crippen LogP contribution in [-0.2, 0) is 0 Å². The molecule has 0 spiro atoms. The summed E-state index contributed by atoms with van der Waals surface area (Å²) in [7, 11) is 6.92. The first-order valence-electron chi connectivity index (χ1n) is 4.53. The first-order chi connectivity index (χ1) is 6.81. The number of aromatic amines is 1. The van der Waals surface area contributed by atoms with Crippen LogP contribution in [0.25, 0.3) is 10.9 Å². The van der Waals surface area contributed by atoms with Crippen LogP contribution >= 0.6 is 21.7 Å². The van der Waals surface area contributed by atoms with E-state index >= 15 is 0 Å². The van der Waals surface area contributed by atoms with Crippen molar-refractivity contribution in [2.24, 2.45) is 0 Å². The predicted octanol–water partition coefficient (Wildman–Crippen LogP) is 4.78. The molecule has 0 aliphatic carbocycles. The molecule has 1 N–H and O–H groups in total. The van der Waals surface area contributed by atoms with Crippen LogP contribution in [-0.4, -0.2) is 10.2 Å². The van der Waals surface area contributed by atoms with Gasteiger partial charge in [-0.3, -0.25) is 5.10 Å². The van der Waals surface area contributed by atoms with E-state index < -0.39 is 0 Å². The highest BCUT2D eigenvalue weighted by Gasteiger charge is 2.03. The van der Waals surface area contributed by atoms with Crippen molar-refractivity contribution in [2.45, 2.75) is 33.1 Å². The van der Waals surface area contributed by atoms with E-state index in [0.717, 1.165) is 15.8 Å². The Hall–Kier alpha value is -0.670. The minimum atomic E-state index is 0. The highest BCUT2D eigenvalue weighted by atomic mass is 35.7. The molecule has 0 aliphatic heterocycles. The number of aromatic nitrogens is 2. The molecule has 0 saturated heterocycles. The van der Waals surface area contributed by atoms with Crippen molar-refractivity contribution >= 4 is 32.6 Å². The molecule has 1 aromatic heterocycles. The Morgan fingerprint density at radius 2 is 2.00 bits per heavy atom. The van der Waals surface area contributed by atoms with Gasteiger partial charge in [0.05, 0.1) is 11.7 Å². The number of nitrogens with one attached hydrogen (secondary N) is 1. The van der Waals surface area contributed by atoms with E-state index in [1.54, 1.807) is 6.20 Å². The molecule has 1 aromatic carbocycles. The number of benzene rings is 1. The Labute approximate surface area is 99.9 Å². The van der Waals surface area contributed by atoms with Crippen molar-refractivity contribution < 1.29 is 0 Å². The van der Waals surface area contributed by atoms with Gasteiger partial charge in [0.25, 0.3) is 0 Å². The molecular weight excluding hydrogens is 228 g/mol. The minimum Gasteiger partial charge on any atom is -0.277 e. The van der Waals surface area contributed by atoms with Crippen LogP contribution in [0, 0.1) is 6.92 Å². The maximum Gasteiger partial charge on any atom is 0.0798 e. The summed E-state index contributed by atoms with van der Waals surface area (Å²) in [5.74, 6) is 0. The molecule has 1 heterocycles. The van der Waals surface area contributed by atoms with Gasteiger partial charge in [-0.05, 0) is 46.3 Å². The van der Waals surface area contributed by atoms with Gasteiger partial charge in [0.1, 0.15) is 0 Å². The van der Waals surface area contributed by atoms with Crippen molar-refractivity contribution in [3.63, 3.8) is 0 Å². The smallest absolute Gasteiger partial charge is 0.0798 e. The number of hydrogen-bond acceptors (Lipinski definition) is 2. The maximum absolute atomic E-state index is 5.70. The van der Waals surface area contributed by atoms with Gasteiger partial charge in [0.2, 0.25) is 0 Å². The number of aryl methyl sites for hydroxylation is 1. The maximum atomic E-state index is 5.70. The Morgan fingerprint density at radius 1 is 1.33 bits per heavy atom. The third-order valence-corrected chi connectivity index (χ3v) is 2.73. The lowest BCUT2D eigenvalue weighted by Gasteiger charge is -1.98. The van der Waals surface area contributed by atoms with E-state index in [0.29, 0.717) is 0 Å². The molecule has 84 valence electrons. The summed E-state index contributed by atoms with van der Waals surface area (Å²) in [4.78, 5) is 1.03. The van der Waals surface area contributed by atoms with E-state index in [-0.39, 0.29) is 7.43 Å². The summed E-state index contributed by atoms with van der Waals surface area (Å²) < 4.78 is 0. The van der Waals surface area contributed by atoms with Gasteiger partial charge in [-0.1, -0.05) is 21.3 Å². The quantitative estimate of drug-likeness (QED) is 0.782. The molecule has 0 atom stereocenters. The van der Waals surface area contributed by atoms with Crippen molar-refractivity contribution in [2.75, 3.05) is 0 Å². The van der Waals surface area contributed by atoms with Crippen molar-refractivity contribution in [3.05, 3.63) is 23.9 Å².